The number of hydrogen-bond donors (Lipinski definition) is 0. The first-order chi connectivity index (χ1) is 6.77. The number of halogens is 1. The topological polar surface area (TPSA) is 19.9 Å². The fraction of sp³-hybridized carbons (Fsp3) is 0. The lowest BCUT2D eigenvalue weighted by atomic mass is 10.1. The van der Waals surface area contributed by atoms with Crippen molar-refractivity contribution >= 4 is 0 Å². The van der Waals surface area contributed by atoms with E-state index in [1.54, 1.807) is 30.3 Å². The van der Waals surface area contributed by atoms with Gasteiger partial charge in [-0.15, -0.1) is 0 Å². The van der Waals surface area contributed by atoms with Crippen LogP contribution in [0.2, 0.25) is 0 Å². The standard InChI is InChI=1S/C12H8FO/c13-12-4-2-1-3-11(12)9-5-7-10(14)8-6-9/h1-8H. The highest BCUT2D eigenvalue weighted by Crippen LogP contribution is 2.24. The minimum absolute atomic E-state index is 0.0647. The molecule has 1 nitrogen and oxygen atoms in total. The van der Waals surface area contributed by atoms with Gasteiger partial charge >= 0.3 is 0 Å². The fourth-order valence-electron chi connectivity index (χ4n) is 1.33. The van der Waals surface area contributed by atoms with Crippen LogP contribution in [-0.4, -0.2) is 0 Å². The first-order valence-electron chi connectivity index (χ1n) is 4.29. The van der Waals surface area contributed by atoms with Crippen LogP contribution in [0.1, 0.15) is 0 Å². The van der Waals surface area contributed by atoms with Crippen molar-refractivity contribution in [2.75, 3.05) is 0 Å². The molecule has 0 saturated heterocycles. The third-order valence-electron chi connectivity index (χ3n) is 2.04. The molecule has 0 fully saturated rings. The summed E-state index contributed by atoms with van der Waals surface area (Å²) in [6.45, 7) is 0. The third-order valence-corrected chi connectivity index (χ3v) is 2.04. The summed E-state index contributed by atoms with van der Waals surface area (Å²) in [4.78, 5) is 0. The second-order valence-corrected chi connectivity index (χ2v) is 3.00. The maximum atomic E-state index is 13.3. The normalized spacial score (nSPS) is 10.1. The van der Waals surface area contributed by atoms with Gasteiger partial charge in [0.2, 0.25) is 0 Å². The Balaban J connectivity index is 2.50. The van der Waals surface area contributed by atoms with Crippen molar-refractivity contribution in [2.24, 2.45) is 0 Å². The van der Waals surface area contributed by atoms with Crippen LogP contribution < -0.4 is 0 Å². The number of rotatable bonds is 1. The van der Waals surface area contributed by atoms with E-state index < -0.39 is 0 Å². The van der Waals surface area contributed by atoms with Crippen LogP contribution in [0.5, 0.6) is 5.75 Å². The van der Waals surface area contributed by atoms with E-state index >= 15 is 0 Å². The molecular weight excluding hydrogens is 179 g/mol. The average molecular weight is 187 g/mol. The maximum Gasteiger partial charge on any atom is 0.178 e. The number of benzene rings is 2. The first-order valence-corrected chi connectivity index (χ1v) is 4.29. The van der Waals surface area contributed by atoms with Gasteiger partial charge in [0.25, 0.3) is 0 Å². The molecule has 0 aromatic heterocycles. The average Bonchev–Trinajstić information content (AvgIpc) is 2.20. The van der Waals surface area contributed by atoms with Crippen molar-refractivity contribution < 1.29 is 9.50 Å². The predicted octanol–water partition coefficient (Wildman–Crippen LogP) is 3.64. The zero-order valence-electron chi connectivity index (χ0n) is 7.41. The molecule has 0 heterocycles. The van der Waals surface area contributed by atoms with Gasteiger partial charge in [-0.2, -0.15) is 0 Å². The molecular formula is C12H8FO. The van der Waals surface area contributed by atoms with Crippen LogP contribution in [-0.2, 0) is 5.11 Å². The van der Waals surface area contributed by atoms with E-state index in [4.69, 9.17) is 0 Å². The predicted molar refractivity (Wildman–Crippen MR) is 52.0 cm³/mol. The molecule has 0 N–H and O–H groups in total. The zero-order valence-corrected chi connectivity index (χ0v) is 7.41. The molecule has 0 aliphatic rings. The largest absolute Gasteiger partial charge is 0.290 e. The van der Waals surface area contributed by atoms with Gasteiger partial charge in [0.1, 0.15) is 5.82 Å². The molecule has 2 aromatic rings. The summed E-state index contributed by atoms with van der Waals surface area (Å²) in [5, 5.41) is 10.8. The maximum absolute atomic E-state index is 13.3. The highest BCUT2D eigenvalue weighted by Gasteiger charge is 2.03. The summed E-state index contributed by atoms with van der Waals surface area (Å²) in [5.74, 6) is -0.337. The number of hydrogen-bond acceptors (Lipinski definition) is 0. The first kappa shape index (κ1) is 8.75. The Morgan fingerprint density at radius 1 is 0.857 bits per heavy atom. The van der Waals surface area contributed by atoms with Crippen molar-refractivity contribution in [3.8, 4) is 16.9 Å². The molecule has 2 aromatic carbocycles. The van der Waals surface area contributed by atoms with Crippen molar-refractivity contribution in [1.29, 1.82) is 0 Å². The van der Waals surface area contributed by atoms with Gasteiger partial charge in [0, 0.05) is 5.56 Å². The van der Waals surface area contributed by atoms with Crippen molar-refractivity contribution in [1.82, 2.24) is 0 Å². The Morgan fingerprint density at radius 3 is 2.14 bits per heavy atom. The minimum Gasteiger partial charge on any atom is -0.290 e. The van der Waals surface area contributed by atoms with E-state index in [1.807, 2.05) is 0 Å². The minimum atomic E-state index is -0.272. The van der Waals surface area contributed by atoms with E-state index in [-0.39, 0.29) is 11.6 Å². The smallest absolute Gasteiger partial charge is 0.178 e. The summed E-state index contributed by atoms with van der Waals surface area (Å²) in [5.41, 5.74) is 1.25. The van der Waals surface area contributed by atoms with Crippen LogP contribution >= 0.6 is 0 Å². The molecule has 0 amide bonds. The Hall–Kier alpha value is -1.83. The zero-order chi connectivity index (χ0) is 9.97. The molecule has 1 radical (unpaired) electrons. The lowest BCUT2D eigenvalue weighted by molar-refractivity contribution is 0.355. The van der Waals surface area contributed by atoms with E-state index in [0.717, 1.165) is 5.56 Å². The van der Waals surface area contributed by atoms with E-state index in [2.05, 4.69) is 0 Å². The summed E-state index contributed by atoms with van der Waals surface area (Å²) >= 11 is 0. The van der Waals surface area contributed by atoms with E-state index in [9.17, 15) is 9.50 Å². The Morgan fingerprint density at radius 2 is 1.50 bits per heavy atom. The summed E-state index contributed by atoms with van der Waals surface area (Å²) < 4.78 is 13.3. The van der Waals surface area contributed by atoms with E-state index in [1.165, 1.54) is 18.2 Å². The third kappa shape index (κ3) is 1.59. The summed E-state index contributed by atoms with van der Waals surface area (Å²) in [7, 11) is 0. The molecule has 69 valence electrons. The molecule has 0 unspecified atom stereocenters. The highest BCUT2D eigenvalue weighted by molar-refractivity contribution is 5.64. The Labute approximate surface area is 81.4 Å². The lowest BCUT2D eigenvalue weighted by Gasteiger charge is -2.01. The van der Waals surface area contributed by atoms with Crippen molar-refractivity contribution in [3.05, 3.63) is 54.3 Å². The molecule has 14 heavy (non-hydrogen) atoms. The van der Waals surface area contributed by atoms with Gasteiger partial charge in [-0.1, -0.05) is 30.3 Å². The molecule has 2 rings (SSSR count). The van der Waals surface area contributed by atoms with Gasteiger partial charge in [-0.25, -0.2) is 4.39 Å². The van der Waals surface area contributed by atoms with Crippen LogP contribution in [0, 0.1) is 5.82 Å². The quantitative estimate of drug-likeness (QED) is 0.649. The Bertz CT molecular complexity index is 434. The van der Waals surface area contributed by atoms with Gasteiger partial charge < -0.3 is 0 Å². The van der Waals surface area contributed by atoms with Gasteiger partial charge in [-0.3, -0.25) is 5.11 Å². The van der Waals surface area contributed by atoms with Gasteiger partial charge in [0.15, 0.2) is 5.75 Å². The lowest BCUT2D eigenvalue weighted by Crippen LogP contribution is -1.82. The van der Waals surface area contributed by atoms with Crippen LogP contribution in [0.15, 0.2) is 48.5 Å². The van der Waals surface area contributed by atoms with Crippen molar-refractivity contribution in [2.45, 2.75) is 0 Å². The summed E-state index contributed by atoms with van der Waals surface area (Å²) in [6.07, 6.45) is 0. The SMILES string of the molecule is [O]c1ccc(-c2ccccc2F)cc1. The molecule has 2 heteroatoms. The van der Waals surface area contributed by atoms with Crippen LogP contribution in [0.25, 0.3) is 11.1 Å². The molecule has 0 spiro atoms. The highest BCUT2D eigenvalue weighted by atomic mass is 19.1. The monoisotopic (exact) mass is 187 g/mol. The van der Waals surface area contributed by atoms with Crippen LogP contribution in [0.3, 0.4) is 0 Å². The van der Waals surface area contributed by atoms with Crippen molar-refractivity contribution in [3.63, 3.8) is 0 Å². The molecule has 0 aliphatic carbocycles. The van der Waals surface area contributed by atoms with Gasteiger partial charge in [0.05, 0.1) is 0 Å². The van der Waals surface area contributed by atoms with Gasteiger partial charge in [-0.05, 0) is 23.8 Å². The molecule has 0 bridgehead atoms. The fourth-order valence-corrected chi connectivity index (χ4v) is 1.33. The second-order valence-electron chi connectivity index (χ2n) is 3.00. The molecule has 0 atom stereocenters. The Kier molecular flexibility index (Phi) is 2.19. The molecule has 0 saturated carbocycles. The van der Waals surface area contributed by atoms with E-state index in [0.29, 0.717) is 5.56 Å². The second kappa shape index (κ2) is 3.50. The molecule has 0 aliphatic heterocycles. The van der Waals surface area contributed by atoms with Crippen LogP contribution in [0.4, 0.5) is 4.39 Å². The summed E-state index contributed by atoms with van der Waals surface area (Å²) in [6, 6.07) is 12.6.